The van der Waals surface area contributed by atoms with E-state index in [9.17, 15) is 15.0 Å². The van der Waals surface area contributed by atoms with Gasteiger partial charge in [-0.05, 0) is 79.0 Å². The predicted octanol–water partition coefficient (Wildman–Crippen LogP) is 4.18. The Hall–Kier alpha value is -3.09. The van der Waals surface area contributed by atoms with Gasteiger partial charge in [0, 0.05) is 25.2 Å². The van der Waals surface area contributed by atoms with Crippen LogP contribution in [0.5, 0.6) is 11.5 Å². The summed E-state index contributed by atoms with van der Waals surface area (Å²) in [6.45, 7) is 1.97. The van der Waals surface area contributed by atoms with E-state index in [1.54, 1.807) is 6.07 Å². The fourth-order valence-electron chi connectivity index (χ4n) is 8.77. The Kier molecular flexibility index (Phi) is 5.01. The van der Waals surface area contributed by atoms with Crippen LogP contribution in [0.4, 0.5) is 0 Å². The number of aliphatic hydroxyl groups is 1. The highest BCUT2D eigenvalue weighted by Crippen LogP contribution is 2.66. The van der Waals surface area contributed by atoms with E-state index in [4.69, 9.17) is 4.74 Å². The lowest BCUT2D eigenvalue weighted by Crippen LogP contribution is -2.78. The topological polar surface area (TPSA) is 73.2 Å². The zero-order valence-corrected chi connectivity index (χ0v) is 22.5. The first-order chi connectivity index (χ1) is 18.9. The minimum Gasteiger partial charge on any atom is -0.504 e. The van der Waals surface area contributed by atoms with Crippen molar-refractivity contribution in [3.8, 4) is 11.5 Å². The van der Waals surface area contributed by atoms with Gasteiger partial charge in [0.15, 0.2) is 11.5 Å². The van der Waals surface area contributed by atoms with Crippen molar-refractivity contribution in [2.45, 2.75) is 74.1 Å². The molecule has 3 aromatic rings. The fourth-order valence-corrected chi connectivity index (χ4v) is 8.77. The van der Waals surface area contributed by atoms with E-state index < -0.39 is 11.0 Å². The Balaban J connectivity index is 1.16. The average molecular weight is 525 g/mol. The number of piperidine rings is 1. The Morgan fingerprint density at radius 2 is 1.90 bits per heavy atom. The predicted molar refractivity (Wildman–Crippen MR) is 149 cm³/mol. The number of nitrogens with zero attached hydrogens (tertiary/aromatic N) is 2. The zero-order chi connectivity index (χ0) is 26.5. The van der Waals surface area contributed by atoms with Gasteiger partial charge in [0.05, 0.1) is 23.5 Å². The summed E-state index contributed by atoms with van der Waals surface area (Å²) < 4.78 is 6.69. The van der Waals surface area contributed by atoms with Crippen LogP contribution in [0.2, 0.25) is 0 Å². The lowest BCUT2D eigenvalue weighted by molar-refractivity contribution is -0.200. The van der Waals surface area contributed by atoms with Crippen molar-refractivity contribution in [3.05, 3.63) is 71.3 Å². The highest BCUT2D eigenvalue weighted by atomic mass is 16.5. The highest BCUT2D eigenvalue weighted by molar-refractivity contribution is 5.90. The number of phenols is 1. The first-order valence-corrected chi connectivity index (χ1v) is 14.6. The molecule has 6 heteroatoms. The van der Waals surface area contributed by atoms with E-state index in [2.05, 4.69) is 23.1 Å². The molecule has 0 radical (unpaired) electrons. The van der Waals surface area contributed by atoms with Crippen molar-refractivity contribution in [3.63, 3.8) is 0 Å². The Morgan fingerprint density at radius 1 is 1.08 bits per heavy atom. The second kappa shape index (κ2) is 8.21. The first-order valence-electron chi connectivity index (χ1n) is 14.6. The molecule has 2 saturated carbocycles. The number of ether oxygens (including phenoxy) is 1. The van der Waals surface area contributed by atoms with Gasteiger partial charge in [-0.2, -0.15) is 0 Å². The van der Waals surface area contributed by atoms with Crippen molar-refractivity contribution in [2.75, 3.05) is 20.1 Å². The molecular weight excluding hydrogens is 488 g/mol. The Morgan fingerprint density at radius 3 is 2.74 bits per heavy atom. The van der Waals surface area contributed by atoms with Crippen molar-refractivity contribution < 1.29 is 19.7 Å². The molecule has 1 amide bonds. The molecule has 39 heavy (non-hydrogen) atoms. The van der Waals surface area contributed by atoms with Crippen LogP contribution in [0.3, 0.4) is 0 Å². The van der Waals surface area contributed by atoms with Gasteiger partial charge in [0.1, 0.15) is 6.10 Å². The average Bonchev–Trinajstić information content (AvgIpc) is 3.68. The molecule has 202 valence electrons. The van der Waals surface area contributed by atoms with Crippen LogP contribution >= 0.6 is 0 Å². The third-order valence-corrected chi connectivity index (χ3v) is 10.8. The van der Waals surface area contributed by atoms with Gasteiger partial charge < -0.3 is 19.8 Å². The van der Waals surface area contributed by atoms with E-state index >= 15 is 0 Å². The normalized spacial score (nSPS) is 32.5. The molecule has 1 spiro atoms. The molecule has 2 aliphatic heterocycles. The van der Waals surface area contributed by atoms with Crippen molar-refractivity contribution in [1.29, 1.82) is 0 Å². The quantitative estimate of drug-likeness (QED) is 0.524. The van der Waals surface area contributed by atoms with Crippen LogP contribution in [-0.2, 0) is 23.1 Å². The maximum absolute atomic E-state index is 13.8. The molecule has 3 aromatic carbocycles. The van der Waals surface area contributed by atoms with Crippen LogP contribution in [0.1, 0.15) is 48.8 Å². The summed E-state index contributed by atoms with van der Waals surface area (Å²) in [5.74, 6) is 1.49. The van der Waals surface area contributed by atoms with E-state index in [0.717, 1.165) is 53.7 Å². The number of carbonyl (C=O) groups is 1. The van der Waals surface area contributed by atoms with Gasteiger partial charge in [-0.25, -0.2) is 0 Å². The molecule has 0 unspecified atom stereocenters. The van der Waals surface area contributed by atoms with Gasteiger partial charge in [-0.15, -0.1) is 0 Å². The maximum atomic E-state index is 13.8. The van der Waals surface area contributed by atoms with Gasteiger partial charge in [-0.1, -0.05) is 48.5 Å². The molecule has 3 fully saturated rings. The van der Waals surface area contributed by atoms with Crippen molar-refractivity contribution >= 4 is 16.7 Å². The van der Waals surface area contributed by atoms with E-state index in [0.29, 0.717) is 25.0 Å². The monoisotopic (exact) mass is 524 g/mol. The number of hydrogen-bond donors (Lipinski definition) is 2. The summed E-state index contributed by atoms with van der Waals surface area (Å²) in [5.41, 5.74) is 1.67. The number of likely N-dealkylation sites (N-methyl/N-ethyl adjacent to an activating group) is 1. The highest BCUT2D eigenvalue weighted by Gasteiger charge is 2.73. The molecule has 5 aliphatic rings. The summed E-state index contributed by atoms with van der Waals surface area (Å²) in [6, 6.07) is 18.0. The van der Waals surface area contributed by atoms with Crippen molar-refractivity contribution in [2.24, 2.45) is 5.92 Å². The minimum atomic E-state index is -0.938. The number of phenolic OH excluding ortho intramolecular Hbond substituents is 1. The molecule has 2 heterocycles. The number of hydrogen-bond acceptors (Lipinski definition) is 5. The van der Waals surface area contributed by atoms with Gasteiger partial charge >= 0.3 is 0 Å². The molecule has 6 nitrogen and oxygen atoms in total. The summed E-state index contributed by atoms with van der Waals surface area (Å²) >= 11 is 0. The van der Waals surface area contributed by atoms with Crippen LogP contribution in [-0.4, -0.2) is 69.8 Å². The lowest BCUT2D eigenvalue weighted by Gasteiger charge is -2.64. The number of carbonyl (C=O) groups excluding carboxylic acids is 1. The van der Waals surface area contributed by atoms with E-state index in [-0.39, 0.29) is 29.8 Å². The van der Waals surface area contributed by atoms with Crippen LogP contribution in [0, 0.1) is 5.92 Å². The molecule has 0 aromatic heterocycles. The van der Waals surface area contributed by atoms with Crippen LogP contribution in [0.25, 0.3) is 10.8 Å². The number of rotatable bonds is 5. The first kappa shape index (κ1) is 23.8. The number of amides is 1. The zero-order valence-electron chi connectivity index (χ0n) is 22.5. The summed E-state index contributed by atoms with van der Waals surface area (Å²) in [5, 5.41) is 25.8. The van der Waals surface area contributed by atoms with Crippen LogP contribution < -0.4 is 4.74 Å². The second-order valence-corrected chi connectivity index (χ2v) is 12.7. The maximum Gasteiger partial charge on any atom is 0.227 e. The summed E-state index contributed by atoms with van der Waals surface area (Å²) in [4.78, 5) is 18.3. The van der Waals surface area contributed by atoms with Gasteiger partial charge in [0.25, 0.3) is 0 Å². The molecule has 1 saturated heterocycles. The second-order valence-electron chi connectivity index (χ2n) is 12.7. The van der Waals surface area contributed by atoms with Gasteiger partial charge in [0.2, 0.25) is 5.91 Å². The number of benzene rings is 3. The minimum absolute atomic E-state index is 0.0404. The largest absolute Gasteiger partial charge is 0.504 e. The summed E-state index contributed by atoms with van der Waals surface area (Å²) in [7, 11) is 1.90. The van der Waals surface area contributed by atoms with E-state index in [1.165, 1.54) is 18.4 Å². The standard InChI is InChI=1S/C33H36N2O4/c1-34(28(37)18-22-7-4-6-21-5-2-3-8-24(21)22)25-13-14-33(38)27-17-23-11-12-26(36)30-29(23)32(33,31(25)39-30)15-16-35(27)19-20-9-10-20/h2-8,11-12,20,25,27,31,36,38H,9-10,13-19H2,1H3/t25-,27-,31+,32+,33-/m1/s1. The number of aromatic hydroxyl groups is 1. The molecular formula is C33H36N2O4. The molecule has 8 rings (SSSR count). The smallest absolute Gasteiger partial charge is 0.227 e. The van der Waals surface area contributed by atoms with Gasteiger partial charge in [-0.3, -0.25) is 9.69 Å². The SMILES string of the molecule is CN(C(=O)Cc1cccc2ccccc12)[C@@H]1CC[C@@]2(O)[C@H]3Cc4ccc(O)c5c4[C@@]2(CCN3CC2CC2)[C@H]1O5. The van der Waals surface area contributed by atoms with Crippen molar-refractivity contribution in [1.82, 2.24) is 9.80 Å². The third-order valence-electron chi connectivity index (χ3n) is 10.8. The molecule has 5 atom stereocenters. The van der Waals surface area contributed by atoms with Crippen LogP contribution in [0.15, 0.2) is 54.6 Å². The Bertz CT molecular complexity index is 1500. The fraction of sp³-hybridized carbons (Fsp3) is 0.485. The third kappa shape index (κ3) is 3.19. The summed E-state index contributed by atoms with van der Waals surface area (Å²) in [6.07, 6.45) is 5.39. The Labute approximate surface area is 229 Å². The number of likely N-dealkylation sites (tertiary alicyclic amines) is 1. The molecule has 3 aliphatic carbocycles. The lowest BCUT2D eigenvalue weighted by atomic mass is 9.48. The molecule has 2 N–H and O–H groups in total. The van der Waals surface area contributed by atoms with E-state index in [1.807, 2.05) is 42.3 Å². The number of fused-ring (bicyclic) bond motifs is 1. The molecule has 2 bridgehead atoms.